The van der Waals surface area contributed by atoms with Crippen LogP contribution < -0.4 is 11.1 Å². The fraction of sp³-hybridized carbons (Fsp3) is 0.133. The van der Waals surface area contributed by atoms with E-state index in [0.29, 0.717) is 18.1 Å². The van der Waals surface area contributed by atoms with E-state index >= 15 is 0 Å². The Morgan fingerprint density at radius 2 is 2.14 bits per heavy atom. The lowest BCUT2D eigenvalue weighted by Gasteiger charge is -2.06. The number of nitrogen functional groups attached to an aromatic ring is 1. The monoisotopic (exact) mass is 284 g/mol. The van der Waals surface area contributed by atoms with Crippen molar-refractivity contribution in [2.75, 3.05) is 17.7 Å². The second-order valence-corrected chi connectivity index (χ2v) is 4.11. The molecule has 3 N–H and O–H groups in total. The third kappa shape index (κ3) is 4.31. The first-order chi connectivity index (χ1) is 10.2. The van der Waals surface area contributed by atoms with Crippen molar-refractivity contribution in [1.29, 1.82) is 0 Å². The summed E-state index contributed by atoms with van der Waals surface area (Å²) >= 11 is 0. The summed E-state index contributed by atoms with van der Waals surface area (Å²) in [5, 5.41) is 3.04. The second-order valence-electron chi connectivity index (χ2n) is 4.11. The molecule has 0 unspecified atom stereocenters. The predicted octanol–water partition coefficient (Wildman–Crippen LogP) is 2.38. The van der Waals surface area contributed by atoms with Gasteiger partial charge in [-0.15, -0.1) is 0 Å². The molecule has 1 aromatic heterocycles. The smallest absolute Gasteiger partial charge is 0.330 e. The lowest BCUT2D eigenvalue weighted by Crippen LogP contribution is -2.03. The zero-order chi connectivity index (χ0) is 15.1. The maximum Gasteiger partial charge on any atom is 0.330 e. The minimum atomic E-state index is -0.427. The predicted molar refractivity (Wildman–Crippen MR) is 81.8 cm³/mol. The van der Waals surface area contributed by atoms with Crippen molar-refractivity contribution in [3.63, 3.8) is 0 Å². The number of nitrogens with zero attached hydrogens (tertiary/aromatic N) is 2. The number of aromatic nitrogens is 2. The Labute approximate surface area is 122 Å². The van der Waals surface area contributed by atoms with Crippen LogP contribution in [0.25, 0.3) is 6.08 Å². The Bertz CT molecular complexity index is 641. The van der Waals surface area contributed by atoms with E-state index in [1.54, 1.807) is 13.1 Å². The van der Waals surface area contributed by atoms with Crippen LogP contribution >= 0.6 is 0 Å². The Morgan fingerprint density at radius 3 is 2.81 bits per heavy atom. The van der Waals surface area contributed by atoms with Crippen LogP contribution in [0.5, 0.6) is 0 Å². The molecule has 1 heterocycles. The van der Waals surface area contributed by atoms with Crippen LogP contribution in [0.2, 0.25) is 0 Å². The Kier molecular flexibility index (Phi) is 4.87. The lowest BCUT2D eigenvalue weighted by atomic mass is 10.3. The number of carbonyl (C=O) groups excluding carboxylic acids is 1. The van der Waals surface area contributed by atoms with Crippen LogP contribution in [-0.4, -0.2) is 22.5 Å². The maximum atomic E-state index is 11.2. The molecule has 0 saturated carbocycles. The van der Waals surface area contributed by atoms with Crippen LogP contribution in [0.1, 0.15) is 12.5 Å². The van der Waals surface area contributed by atoms with Gasteiger partial charge in [-0.2, -0.15) is 4.98 Å². The second kappa shape index (κ2) is 7.04. The largest absolute Gasteiger partial charge is 0.463 e. The maximum absolute atomic E-state index is 11.2. The lowest BCUT2D eigenvalue weighted by molar-refractivity contribution is -0.137. The molecular formula is C15H16N4O2. The molecular weight excluding hydrogens is 268 g/mol. The molecule has 0 atom stereocenters. The van der Waals surface area contributed by atoms with Crippen molar-refractivity contribution in [2.45, 2.75) is 6.92 Å². The van der Waals surface area contributed by atoms with E-state index in [0.717, 1.165) is 5.69 Å². The number of anilines is 3. The van der Waals surface area contributed by atoms with Crippen LogP contribution in [0.4, 0.5) is 17.5 Å². The summed E-state index contributed by atoms with van der Waals surface area (Å²) in [4.78, 5) is 19.5. The van der Waals surface area contributed by atoms with E-state index in [-0.39, 0.29) is 5.82 Å². The summed E-state index contributed by atoms with van der Waals surface area (Å²) in [5.41, 5.74) is 7.27. The molecule has 0 aliphatic heterocycles. The molecule has 0 spiro atoms. The zero-order valence-electron chi connectivity index (χ0n) is 11.6. The van der Waals surface area contributed by atoms with Gasteiger partial charge in [0, 0.05) is 23.5 Å². The molecule has 0 saturated heterocycles. The number of ether oxygens (including phenoxy) is 1. The van der Waals surface area contributed by atoms with Gasteiger partial charge in [0.1, 0.15) is 5.82 Å². The molecule has 21 heavy (non-hydrogen) atoms. The summed E-state index contributed by atoms with van der Waals surface area (Å²) < 4.78 is 4.79. The molecule has 0 amide bonds. The molecule has 0 bridgehead atoms. The van der Waals surface area contributed by atoms with Crippen molar-refractivity contribution in [2.24, 2.45) is 0 Å². The molecule has 0 fully saturated rings. The average molecular weight is 284 g/mol. The number of para-hydroxylation sites is 1. The molecule has 6 heteroatoms. The van der Waals surface area contributed by atoms with E-state index < -0.39 is 5.97 Å². The first-order valence-electron chi connectivity index (χ1n) is 6.48. The molecule has 0 radical (unpaired) electrons. The number of benzene rings is 1. The van der Waals surface area contributed by atoms with Crippen molar-refractivity contribution < 1.29 is 9.53 Å². The summed E-state index contributed by atoms with van der Waals surface area (Å²) in [6.45, 7) is 2.07. The van der Waals surface area contributed by atoms with E-state index in [9.17, 15) is 4.79 Å². The van der Waals surface area contributed by atoms with E-state index in [1.807, 2.05) is 30.3 Å². The van der Waals surface area contributed by atoms with Crippen LogP contribution in [0.15, 0.2) is 42.6 Å². The fourth-order valence-corrected chi connectivity index (χ4v) is 1.59. The van der Waals surface area contributed by atoms with Gasteiger partial charge in [-0.3, -0.25) is 0 Å². The van der Waals surface area contributed by atoms with Gasteiger partial charge in [0.15, 0.2) is 0 Å². The molecule has 6 nitrogen and oxygen atoms in total. The summed E-state index contributed by atoms with van der Waals surface area (Å²) in [7, 11) is 0. The average Bonchev–Trinajstić information content (AvgIpc) is 2.48. The number of hydrogen-bond acceptors (Lipinski definition) is 6. The standard InChI is InChI=1S/C15H16N4O2/c1-2-21-13(20)9-8-11-10-17-15(19-14(11)16)18-12-6-4-3-5-7-12/h3-10H,2H2,1H3,(H3,16,17,18,19)/b9-8+. The number of nitrogens with one attached hydrogen (secondary N) is 1. The van der Waals surface area contributed by atoms with Gasteiger partial charge in [-0.25, -0.2) is 9.78 Å². The first kappa shape index (κ1) is 14.5. The van der Waals surface area contributed by atoms with E-state index in [4.69, 9.17) is 10.5 Å². The Hall–Kier alpha value is -2.89. The topological polar surface area (TPSA) is 90.1 Å². The molecule has 2 rings (SSSR count). The third-order valence-corrected chi connectivity index (χ3v) is 2.56. The highest BCUT2D eigenvalue weighted by Gasteiger charge is 2.03. The minimum Gasteiger partial charge on any atom is -0.463 e. The van der Waals surface area contributed by atoms with Crippen molar-refractivity contribution >= 4 is 29.5 Å². The summed E-state index contributed by atoms with van der Waals surface area (Å²) in [6, 6.07) is 9.52. The van der Waals surface area contributed by atoms with Gasteiger partial charge < -0.3 is 15.8 Å². The normalized spacial score (nSPS) is 10.5. The number of esters is 1. The van der Waals surface area contributed by atoms with E-state index in [1.165, 1.54) is 12.2 Å². The van der Waals surface area contributed by atoms with Crippen molar-refractivity contribution in [3.8, 4) is 0 Å². The van der Waals surface area contributed by atoms with Crippen molar-refractivity contribution in [1.82, 2.24) is 9.97 Å². The van der Waals surface area contributed by atoms with E-state index in [2.05, 4.69) is 15.3 Å². The quantitative estimate of drug-likeness (QED) is 0.647. The molecule has 1 aromatic carbocycles. The number of nitrogens with two attached hydrogens (primary N) is 1. The highest BCUT2D eigenvalue weighted by molar-refractivity contribution is 5.87. The molecule has 2 aromatic rings. The van der Waals surface area contributed by atoms with Crippen LogP contribution in [0, 0.1) is 0 Å². The molecule has 0 aliphatic carbocycles. The van der Waals surface area contributed by atoms with Crippen molar-refractivity contribution in [3.05, 3.63) is 48.2 Å². The summed E-state index contributed by atoms with van der Waals surface area (Å²) in [6.07, 6.45) is 4.37. The Morgan fingerprint density at radius 1 is 1.38 bits per heavy atom. The van der Waals surface area contributed by atoms with Crippen LogP contribution in [-0.2, 0) is 9.53 Å². The van der Waals surface area contributed by atoms with Gasteiger partial charge in [0.25, 0.3) is 0 Å². The zero-order valence-corrected chi connectivity index (χ0v) is 11.6. The fourth-order valence-electron chi connectivity index (χ4n) is 1.59. The third-order valence-electron chi connectivity index (χ3n) is 2.56. The molecule has 0 aliphatic rings. The SMILES string of the molecule is CCOC(=O)/C=C/c1cnc(Nc2ccccc2)nc1N. The van der Waals surface area contributed by atoms with Gasteiger partial charge in [0.05, 0.1) is 6.61 Å². The highest BCUT2D eigenvalue weighted by Crippen LogP contribution is 2.16. The van der Waals surface area contributed by atoms with Gasteiger partial charge >= 0.3 is 5.97 Å². The Balaban J connectivity index is 2.09. The van der Waals surface area contributed by atoms with Crippen LogP contribution in [0.3, 0.4) is 0 Å². The van der Waals surface area contributed by atoms with Gasteiger partial charge in [0.2, 0.25) is 5.95 Å². The highest BCUT2D eigenvalue weighted by atomic mass is 16.5. The van der Waals surface area contributed by atoms with Gasteiger partial charge in [-0.05, 0) is 25.1 Å². The minimum absolute atomic E-state index is 0.281. The number of rotatable bonds is 5. The first-order valence-corrected chi connectivity index (χ1v) is 6.48. The van der Waals surface area contributed by atoms with Gasteiger partial charge in [-0.1, -0.05) is 18.2 Å². The number of carbonyl (C=O) groups is 1. The molecule has 108 valence electrons. The summed E-state index contributed by atoms with van der Waals surface area (Å²) in [5.74, 6) is 0.249. The number of hydrogen-bond donors (Lipinski definition) is 2.